The molecule has 0 aliphatic carbocycles. The second kappa shape index (κ2) is 3.75. The normalized spacial score (nSPS) is 11.2. The van der Waals surface area contributed by atoms with Gasteiger partial charge in [-0.3, -0.25) is 0 Å². The van der Waals surface area contributed by atoms with Crippen molar-refractivity contribution in [1.29, 1.82) is 0 Å². The van der Waals surface area contributed by atoms with Crippen LogP contribution in [0.15, 0.2) is 36.5 Å². The summed E-state index contributed by atoms with van der Waals surface area (Å²) < 4.78 is 2.00. The van der Waals surface area contributed by atoms with Crippen molar-refractivity contribution in [1.82, 2.24) is 10.2 Å². The van der Waals surface area contributed by atoms with Gasteiger partial charge in [0.05, 0.1) is 17.9 Å². The smallest absolute Gasteiger partial charge is 0.356 e. The van der Waals surface area contributed by atoms with Crippen LogP contribution >= 0.6 is 0 Å². The Labute approximate surface area is 98.2 Å². The van der Waals surface area contributed by atoms with Crippen LogP contribution in [0.25, 0.3) is 16.7 Å². The molecule has 1 aromatic carbocycles. The van der Waals surface area contributed by atoms with Crippen LogP contribution in [0, 0.1) is 6.92 Å². The molecule has 0 saturated heterocycles. The average molecular weight is 226 g/mol. The van der Waals surface area contributed by atoms with Crippen molar-refractivity contribution in [2.75, 3.05) is 0 Å². The predicted molar refractivity (Wildman–Crippen MR) is 63.4 cm³/mol. The molecular weight excluding hydrogens is 214 g/mol. The molecular formula is C13H12N3O+. The molecule has 0 radical (unpaired) electrons. The lowest BCUT2D eigenvalue weighted by atomic mass is 10.2. The number of aliphatic hydroxyl groups excluding tert-OH is 1. The van der Waals surface area contributed by atoms with E-state index in [9.17, 15) is 0 Å². The van der Waals surface area contributed by atoms with Gasteiger partial charge < -0.3 is 5.11 Å². The Bertz CT molecular complexity index is 709. The molecule has 3 rings (SSSR count). The fraction of sp³-hybridized carbons (Fsp3) is 0.154. The van der Waals surface area contributed by atoms with Gasteiger partial charge in [-0.2, -0.15) is 4.40 Å². The van der Waals surface area contributed by atoms with Gasteiger partial charge in [-0.1, -0.05) is 6.07 Å². The van der Waals surface area contributed by atoms with Gasteiger partial charge in [-0.25, -0.2) is 0 Å². The molecule has 0 bridgehead atoms. The second-order valence-electron chi connectivity index (χ2n) is 4.11. The maximum Gasteiger partial charge on any atom is 0.356 e. The Morgan fingerprint density at radius 2 is 2.06 bits per heavy atom. The van der Waals surface area contributed by atoms with E-state index in [0.29, 0.717) is 0 Å². The number of aromatic nitrogens is 3. The second-order valence-corrected chi connectivity index (χ2v) is 4.11. The SMILES string of the molecule is Cc1cc[n+]2c(c1)nnc1cc(CO)ccc12. The van der Waals surface area contributed by atoms with Crippen LogP contribution in [0.4, 0.5) is 0 Å². The van der Waals surface area contributed by atoms with Crippen LogP contribution in [0.3, 0.4) is 0 Å². The standard InChI is InChI=1S/C13H12N3O/c1-9-4-5-16-12-3-2-10(8-17)7-11(12)14-15-13(16)6-9/h2-7,17H,8H2,1H3/q+1. The van der Waals surface area contributed by atoms with Gasteiger partial charge in [-0.05, 0) is 41.3 Å². The first-order chi connectivity index (χ1) is 8.28. The van der Waals surface area contributed by atoms with Gasteiger partial charge >= 0.3 is 5.65 Å². The summed E-state index contributed by atoms with van der Waals surface area (Å²) in [7, 11) is 0. The Morgan fingerprint density at radius 3 is 2.88 bits per heavy atom. The number of fused-ring (bicyclic) bond motifs is 3. The third-order valence-electron chi connectivity index (χ3n) is 2.83. The third kappa shape index (κ3) is 1.62. The summed E-state index contributed by atoms with van der Waals surface area (Å²) >= 11 is 0. The maximum absolute atomic E-state index is 9.09. The minimum Gasteiger partial charge on any atom is -0.392 e. The number of nitrogens with zero attached hydrogens (tertiary/aromatic N) is 3. The summed E-state index contributed by atoms with van der Waals surface area (Å²) in [5, 5.41) is 17.4. The number of aryl methyl sites for hydroxylation is 1. The molecule has 4 nitrogen and oxygen atoms in total. The van der Waals surface area contributed by atoms with Gasteiger partial charge in [0.25, 0.3) is 0 Å². The quantitative estimate of drug-likeness (QED) is 0.500. The first kappa shape index (κ1) is 10.1. The highest BCUT2D eigenvalue weighted by Crippen LogP contribution is 2.10. The fourth-order valence-corrected chi connectivity index (χ4v) is 1.93. The van der Waals surface area contributed by atoms with E-state index >= 15 is 0 Å². The summed E-state index contributed by atoms with van der Waals surface area (Å²) in [5.41, 5.74) is 4.61. The molecule has 0 spiro atoms. The van der Waals surface area contributed by atoms with Crippen LogP contribution in [-0.2, 0) is 6.61 Å². The fourth-order valence-electron chi connectivity index (χ4n) is 1.93. The Morgan fingerprint density at radius 1 is 1.18 bits per heavy atom. The van der Waals surface area contributed by atoms with Crippen molar-refractivity contribution in [3.63, 3.8) is 0 Å². The zero-order valence-electron chi connectivity index (χ0n) is 9.46. The van der Waals surface area contributed by atoms with Crippen molar-refractivity contribution in [2.45, 2.75) is 13.5 Å². The Balaban J connectivity index is 2.40. The summed E-state index contributed by atoms with van der Waals surface area (Å²) in [4.78, 5) is 0. The highest BCUT2D eigenvalue weighted by molar-refractivity contribution is 5.72. The number of benzene rings is 1. The van der Waals surface area contributed by atoms with Crippen molar-refractivity contribution in [3.8, 4) is 0 Å². The molecule has 0 fully saturated rings. The van der Waals surface area contributed by atoms with E-state index in [1.807, 2.05) is 47.9 Å². The molecule has 0 saturated carbocycles. The van der Waals surface area contributed by atoms with Crippen molar-refractivity contribution in [3.05, 3.63) is 47.7 Å². The minimum atomic E-state index is 0.0220. The Kier molecular flexibility index (Phi) is 2.23. The highest BCUT2D eigenvalue weighted by Gasteiger charge is 2.10. The monoisotopic (exact) mass is 226 g/mol. The lowest BCUT2D eigenvalue weighted by Gasteiger charge is -1.99. The molecule has 0 amide bonds. The van der Waals surface area contributed by atoms with E-state index in [-0.39, 0.29) is 6.61 Å². The maximum atomic E-state index is 9.09. The van der Waals surface area contributed by atoms with Gasteiger partial charge in [-0.15, -0.1) is 0 Å². The topological polar surface area (TPSA) is 50.1 Å². The largest absolute Gasteiger partial charge is 0.392 e. The molecule has 3 aromatic rings. The number of aliphatic hydroxyl groups is 1. The number of hydrogen-bond donors (Lipinski definition) is 1. The van der Waals surface area contributed by atoms with Crippen LogP contribution in [0.1, 0.15) is 11.1 Å². The number of pyridine rings is 1. The minimum absolute atomic E-state index is 0.0220. The molecule has 0 aliphatic rings. The predicted octanol–water partition coefficient (Wildman–Crippen LogP) is 1.17. The van der Waals surface area contributed by atoms with E-state index in [4.69, 9.17) is 5.11 Å². The molecule has 2 heterocycles. The average Bonchev–Trinajstić information content (AvgIpc) is 2.37. The lowest BCUT2D eigenvalue weighted by molar-refractivity contribution is -0.485. The molecule has 17 heavy (non-hydrogen) atoms. The molecule has 4 heteroatoms. The molecule has 0 atom stereocenters. The van der Waals surface area contributed by atoms with Gasteiger partial charge in [0, 0.05) is 6.07 Å². The van der Waals surface area contributed by atoms with E-state index < -0.39 is 0 Å². The zero-order chi connectivity index (χ0) is 11.8. The van der Waals surface area contributed by atoms with Crippen LogP contribution in [0.2, 0.25) is 0 Å². The van der Waals surface area contributed by atoms with E-state index in [1.54, 1.807) is 0 Å². The van der Waals surface area contributed by atoms with Crippen LogP contribution in [0.5, 0.6) is 0 Å². The summed E-state index contributed by atoms with van der Waals surface area (Å²) in [6.07, 6.45) is 1.99. The first-order valence-electron chi connectivity index (χ1n) is 5.46. The van der Waals surface area contributed by atoms with E-state index in [1.165, 1.54) is 0 Å². The summed E-state index contributed by atoms with van der Waals surface area (Å²) in [5.74, 6) is 0. The third-order valence-corrected chi connectivity index (χ3v) is 2.83. The van der Waals surface area contributed by atoms with Crippen molar-refractivity contribution >= 4 is 16.7 Å². The number of rotatable bonds is 1. The van der Waals surface area contributed by atoms with Crippen LogP contribution < -0.4 is 4.40 Å². The molecule has 1 N–H and O–H groups in total. The van der Waals surface area contributed by atoms with Gasteiger partial charge in [0.1, 0.15) is 0 Å². The number of hydrogen-bond acceptors (Lipinski definition) is 3. The highest BCUT2D eigenvalue weighted by atomic mass is 16.3. The van der Waals surface area contributed by atoms with Gasteiger partial charge in [0.2, 0.25) is 0 Å². The first-order valence-corrected chi connectivity index (χ1v) is 5.46. The van der Waals surface area contributed by atoms with Crippen molar-refractivity contribution < 1.29 is 9.51 Å². The summed E-state index contributed by atoms with van der Waals surface area (Å²) in [6.45, 7) is 2.05. The van der Waals surface area contributed by atoms with Crippen molar-refractivity contribution in [2.24, 2.45) is 0 Å². The zero-order valence-corrected chi connectivity index (χ0v) is 9.46. The Hall–Kier alpha value is -2.07. The molecule has 0 unspecified atom stereocenters. The van der Waals surface area contributed by atoms with Crippen LogP contribution in [-0.4, -0.2) is 15.3 Å². The molecule has 2 aromatic heterocycles. The summed E-state index contributed by atoms with van der Waals surface area (Å²) in [6, 6.07) is 9.74. The van der Waals surface area contributed by atoms with E-state index in [2.05, 4.69) is 10.2 Å². The van der Waals surface area contributed by atoms with Gasteiger partial charge in [0.15, 0.2) is 11.0 Å². The molecule has 84 valence electrons. The van der Waals surface area contributed by atoms with E-state index in [0.717, 1.165) is 27.8 Å². The molecule has 0 aliphatic heterocycles. The lowest BCUT2D eigenvalue weighted by Crippen LogP contribution is -2.24.